The van der Waals surface area contributed by atoms with Gasteiger partial charge in [0.25, 0.3) is 0 Å². The fourth-order valence-corrected chi connectivity index (χ4v) is 3.05. The van der Waals surface area contributed by atoms with Crippen molar-refractivity contribution >= 4 is 11.8 Å². The molecule has 108 valence electrons. The minimum absolute atomic E-state index is 0.113. The molecule has 0 radical (unpaired) electrons. The summed E-state index contributed by atoms with van der Waals surface area (Å²) in [6.45, 7) is 2.49. The van der Waals surface area contributed by atoms with E-state index in [-0.39, 0.29) is 12.1 Å². The zero-order chi connectivity index (χ0) is 13.9. The minimum Gasteiger partial charge on any atom is -0.497 e. The molecule has 1 aromatic carbocycles. The first-order valence-electron chi connectivity index (χ1n) is 7.10. The molecule has 1 amide bonds. The molecule has 0 saturated carbocycles. The van der Waals surface area contributed by atoms with Gasteiger partial charge >= 0.3 is 6.09 Å². The minimum atomic E-state index is -0.256. The molecule has 0 aliphatic carbocycles. The molecule has 1 aromatic rings. The third-order valence-corrected chi connectivity index (χ3v) is 4.12. The zero-order valence-electron chi connectivity index (χ0n) is 11.7. The number of methoxy groups -OCH3 is 1. The summed E-state index contributed by atoms with van der Waals surface area (Å²) in [6, 6.07) is 7.70. The normalized spacial score (nSPS) is 26.4. The summed E-state index contributed by atoms with van der Waals surface area (Å²) >= 11 is 0. The highest BCUT2D eigenvalue weighted by atomic mass is 16.6. The van der Waals surface area contributed by atoms with Crippen LogP contribution < -0.4 is 15.0 Å². The van der Waals surface area contributed by atoms with Crippen molar-refractivity contribution in [2.45, 2.75) is 18.9 Å². The van der Waals surface area contributed by atoms with Gasteiger partial charge < -0.3 is 14.8 Å². The van der Waals surface area contributed by atoms with Gasteiger partial charge in [0, 0.05) is 12.6 Å². The number of benzene rings is 1. The zero-order valence-corrected chi connectivity index (χ0v) is 11.7. The van der Waals surface area contributed by atoms with Crippen molar-refractivity contribution in [3.05, 3.63) is 24.3 Å². The summed E-state index contributed by atoms with van der Waals surface area (Å²) in [6.07, 6.45) is 2.03. The molecule has 2 unspecified atom stereocenters. The number of amides is 1. The molecule has 1 N–H and O–H groups in total. The molecule has 20 heavy (non-hydrogen) atoms. The van der Waals surface area contributed by atoms with Gasteiger partial charge in [0.1, 0.15) is 12.4 Å². The van der Waals surface area contributed by atoms with Gasteiger partial charge in [0.2, 0.25) is 0 Å². The van der Waals surface area contributed by atoms with Crippen LogP contribution in [0.3, 0.4) is 0 Å². The Labute approximate surface area is 118 Å². The average molecular weight is 276 g/mol. The van der Waals surface area contributed by atoms with Crippen molar-refractivity contribution in [3.8, 4) is 5.75 Å². The van der Waals surface area contributed by atoms with Gasteiger partial charge in [-0.25, -0.2) is 4.79 Å². The number of piperidine rings is 1. The topological polar surface area (TPSA) is 50.8 Å². The molecule has 2 fully saturated rings. The summed E-state index contributed by atoms with van der Waals surface area (Å²) in [5.74, 6) is 1.20. The van der Waals surface area contributed by atoms with Gasteiger partial charge in [-0.15, -0.1) is 0 Å². The summed E-state index contributed by atoms with van der Waals surface area (Å²) < 4.78 is 10.5. The number of nitrogens with zero attached hydrogens (tertiary/aromatic N) is 1. The fourth-order valence-electron chi connectivity index (χ4n) is 3.05. The third kappa shape index (κ3) is 2.45. The lowest BCUT2D eigenvalue weighted by Gasteiger charge is -2.32. The van der Waals surface area contributed by atoms with Gasteiger partial charge in [-0.05, 0) is 37.4 Å². The number of cyclic esters (lactones) is 1. The second-order valence-corrected chi connectivity index (χ2v) is 5.32. The van der Waals surface area contributed by atoms with Crippen LogP contribution in [0.15, 0.2) is 24.3 Å². The molecular weight excluding hydrogens is 256 g/mol. The Kier molecular flexibility index (Phi) is 3.78. The molecule has 2 aliphatic rings. The Balaban J connectivity index is 1.85. The van der Waals surface area contributed by atoms with Crippen LogP contribution in [0.4, 0.5) is 10.5 Å². The predicted octanol–water partition coefficient (Wildman–Crippen LogP) is 2.02. The maximum atomic E-state index is 12.1. The summed E-state index contributed by atoms with van der Waals surface area (Å²) in [4.78, 5) is 13.8. The molecule has 0 spiro atoms. The van der Waals surface area contributed by atoms with Gasteiger partial charge in [0.15, 0.2) is 0 Å². The highest BCUT2D eigenvalue weighted by Gasteiger charge is 2.39. The number of carbonyl (C=O) groups excluding carboxylic acids is 1. The molecule has 2 heterocycles. The molecule has 2 atom stereocenters. The van der Waals surface area contributed by atoms with Crippen LogP contribution in [0.25, 0.3) is 0 Å². The molecule has 5 nitrogen and oxygen atoms in total. The first kappa shape index (κ1) is 13.2. The SMILES string of the molecule is COc1cccc(N2C(=O)OCC2C2CCCNC2)c1. The van der Waals surface area contributed by atoms with E-state index in [0.29, 0.717) is 12.5 Å². The maximum absolute atomic E-state index is 12.1. The van der Waals surface area contributed by atoms with E-state index >= 15 is 0 Å². The van der Waals surface area contributed by atoms with E-state index in [9.17, 15) is 4.79 Å². The summed E-state index contributed by atoms with van der Waals surface area (Å²) in [7, 11) is 1.63. The molecule has 0 aromatic heterocycles. The van der Waals surface area contributed by atoms with Crippen LogP contribution in [0.2, 0.25) is 0 Å². The van der Waals surface area contributed by atoms with Crippen molar-refractivity contribution < 1.29 is 14.3 Å². The molecule has 5 heteroatoms. The van der Waals surface area contributed by atoms with Crippen molar-refractivity contribution in [1.82, 2.24) is 5.32 Å². The molecule has 3 rings (SSSR count). The van der Waals surface area contributed by atoms with Crippen molar-refractivity contribution in [2.75, 3.05) is 31.7 Å². The fraction of sp³-hybridized carbons (Fsp3) is 0.533. The van der Waals surface area contributed by atoms with Crippen molar-refractivity contribution in [1.29, 1.82) is 0 Å². The van der Waals surface area contributed by atoms with Gasteiger partial charge in [0.05, 0.1) is 18.8 Å². The molecule has 0 bridgehead atoms. The van der Waals surface area contributed by atoms with Crippen LogP contribution >= 0.6 is 0 Å². The Bertz CT molecular complexity index is 486. The van der Waals surface area contributed by atoms with Crippen LogP contribution in [-0.4, -0.2) is 38.9 Å². The van der Waals surface area contributed by atoms with E-state index in [0.717, 1.165) is 37.4 Å². The molecule has 2 saturated heterocycles. The number of nitrogens with one attached hydrogen (secondary N) is 1. The Morgan fingerprint density at radius 2 is 2.35 bits per heavy atom. The summed E-state index contributed by atoms with van der Waals surface area (Å²) in [5, 5.41) is 3.40. The van der Waals surface area contributed by atoms with Gasteiger partial charge in [-0.1, -0.05) is 6.07 Å². The molecule has 2 aliphatic heterocycles. The largest absolute Gasteiger partial charge is 0.497 e. The Morgan fingerprint density at radius 3 is 3.10 bits per heavy atom. The van der Waals surface area contributed by atoms with Crippen molar-refractivity contribution in [2.24, 2.45) is 5.92 Å². The first-order chi connectivity index (χ1) is 9.79. The van der Waals surface area contributed by atoms with Crippen LogP contribution in [0.1, 0.15) is 12.8 Å². The quantitative estimate of drug-likeness (QED) is 0.917. The van der Waals surface area contributed by atoms with Crippen LogP contribution in [-0.2, 0) is 4.74 Å². The van der Waals surface area contributed by atoms with E-state index in [1.54, 1.807) is 12.0 Å². The Hall–Kier alpha value is -1.75. The van der Waals surface area contributed by atoms with Crippen molar-refractivity contribution in [3.63, 3.8) is 0 Å². The average Bonchev–Trinajstić information content (AvgIpc) is 2.90. The van der Waals surface area contributed by atoms with Gasteiger partial charge in [-0.3, -0.25) is 4.90 Å². The van der Waals surface area contributed by atoms with E-state index < -0.39 is 0 Å². The van der Waals surface area contributed by atoms with E-state index in [1.807, 2.05) is 24.3 Å². The van der Waals surface area contributed by atoms with E-state index in [4.69, 9.17) is 9.47 Å². The lowest BCUT2D eigenvalue weighted by molar-refractivity contribution is 0.174. The predicted molar refractivity (Wildman–Crippen MR) is 76.2 cm³/mol. The monoisotopic (exact) mass is 276 g/mol. The Morgan fingerprint density at radius 1 is 1.45 bits per heavy atom. The van der Waals surface area contributed by atoms with Crippen LogP contribution in [0.5, 0.6) is 5.75 Å². The lowest BCUT2D eigenvalue weighted by Crippen LogP contribution is -2.45. The number of hydrogen-bond acceptors (Lipinski definition) is 4. The second kappa shape index (κ2) is 5.71. The summed E-state index contributed by atoms with van der Waals surface area (Å²) in [5.41, 5.74) is 0.849. The number of hydrogen-bond donors (Lipinski definition) is 1. The standard InChI is InChI=1S/C15H20N2O3/c1-19-13-6-2-5-12(8-13)17-14(10-20-15(17)18)11-4-3-7-16-9-11/h2,5-6,8,11,14,16H,3-4,7,9-10H2,1H3. The van der Waals surface area contributed by atoms with E-state index in [2.05, 4.69) is 5.32 Å². The second-order valence-electron chi connectivity index (χ2n) is 5.32. The number of anilines is 1. The highest BCUT2D eigenvalue weighted by Crippen LogP contribution is 2.31. The highest BCUT2D eigenvalue weighted by molar-refractivity contribution is 5.90. The number of ether oxygens (including phenoxy) is 2. The van der Waals surface area contributed by atoms with E-state index in [1.165, 1.54) is 0 Å². The number of rotatable bonds is 3. The number of carbonyl (C=O) groups is 1. The lowest BCUT2D eigenvalue weighted by atomic mass is 9.91. The smallest absolute Gasteiger partial charge is 0.414 e. The third-order valence-electron chi connectivity index (χ3n) is 4.12. The maximum Gasteiger partial charge on any atom is 0.414 e. The first-order valence-corrected chi connectivity index (χ1v) is 7.10. The van der Waals surface area contributed by atoms with Crippen LogP contribution in [0, 0.1) is 5.92 Å². The van der Waals surface area contributed by atoms with Gasteiger partial charge in [-0.2, -0.15) is 0 Å². The molecular formula is C15H20N2O3.